The van der Waals surface area contributed by atoms with E-state index < -0.39 is 18.1 Å². The SMILES string of the molecule is CCCCCCCC(=O)OC(COCCC(C(=O)[O-])[N+](C)(C)C)COC(=O)CCCC. The standard InChI is InChI=1S/C23H43NO7/c1-6-8-10-11-12-14-22(26)31-19(18-30-21(25)13-9-7-2)17-29-16-15-20(23(27)28)24(3,4)5/h19-20H,6-18H2,1-5H3. The molecule has 2 unspecified atom stereocenters. The van der Waals surface area contributed by atoms with Gasteiger partial charge in [0, 0.05) is 19.3 Å². The number of carboxylic acid groups (broad SMARTS) is 1. The lowest BCUT2D eigenvalue weighted by molar-refractivity contribution is -0.889. The highest BCUT2D eigenvalue weighted by Crippen LogP contribution is 2.10. The molecule has 0 saturated carbocycles. The minimum absolute atomic E-state index is 0.0412. The number of hydrogen-bond donors (Lipinski definition) is 0. The van der Waals surface area contributed by atoms with E-state index >= 15 is 0 Å². The lowest BCUT2D eigenvalue weighted by Crippen LogP contribution is -2.55. The third kappa shape index (κ3) is 15.7. The number of carbonyl (C=O) groups is 3. The van der Waals surface area contributed by atoms with Crippen LogP contribution in [0.3, 0.4) is 0 Å². The topological polar surface area (TPSA) is 102 Å². The number of unbranched alkanes of at least 4 members (excludes halogenated alkanes) is 5. The summed E-state index contributed by atoms with van der Waals surface area (Å²) in [5.74, 6) is -1.80. The molecule has 0 aliphatic rings. The van der Waals surface area contributed by atoms with Crippen LogP contribution in [-0.2, 0) is 28.6 Å². The van der Waals surface area contributed by atoms with Crippen molar-refractivity contribution >= 4 is 17.9 Å². The van der Waals surface area contributed by atoms with Gasteiger partial charge < -0.3 is 28.6 Å². The van der Waals surface area contributed by atoms with Crippen molar-refractivity contribution in [3.05, 3.63) is 0 Å². The van der Waals surface area contributed by atoms with Crippen LogP contribution in [0, 0.1) is 0 Å². The second-order valence-corrected chi connectivity index (χ2v) is 8.88. The van der Waals surface area contributed by atoms with Crippen LogP contribution < -0.4 is 5.11 Å². The number of rotatable bonds is 19. The number of hydrogen-bond acceptors (Lipinski definition) is 7. The Kier molecular flexibility index (Phi) is 16.0. The van der Waals surface area contributed by atoms with Gasteiger partial charge in [0.05, 0.1) is 40.3 Å². The number of likely N-dealkylation sites (N-methyl/N-ethyl adjacent to an activating group) is 1. The van der Waals surface area contributed by atoms with Gasteiger partial charge in [0.2, 0.25) is 0 Å². The Bertz CT molecular complexity index is 517. The highest BCUT2D eigenvalue weighted by molar-refractivity contribution is 5.70. The van der Waals surface area contributed by atoms with Gasteiger partial charge in [-0.1, -0.05) is 46.0 Å². The smallest absolute Gasteiger partial charge is 0.306 e. The van der Waals surface area contributed by atoms with Crippen molar-refractivity contribution in [2.75, 3.05) is 41.0 Å². The number of carboxylic acids is 1. The Hall–Kier alpha value is -1.67. The molecule has 0 N–H and O–H groups in total. The summed E-state index contributed by atoms with van der Waals surface area (Å²) in [6.07, 6.45) is 6.96. The van der Waals surface area contributed by atoms with Crippen molar-refractivity contribution in [2.45, 2.75) is 90.2 Å². The van der Waals surface area contributed by atoms with Crippen molar-refractivity contribution in [1.82, 2.24) is 0 Å². The molecule has 0 fully saturated rings. The van der Waals surface area contributed by atoms with E-state index in [4.69, 9.17) is 14.2 Å². The van der Waals surface area contributed by atoms with Crippen LogP contribution in [0.25, 0.3) is 0 Å². The maximum atomic E-state index is 12.2. The lowest BCUT2D eigenvalue weighted by Gasteiger charge is -2.34. The number of ether oxygens (including phenoxy) is 3. The van der Waals surface area contributed by atoms with E-state index in [9.17, 15) is 19.5 Å². The van der Waals surface area contributed by atoms with E-state index in [1.54, 1.807) is 21.1 Å². The maximum absolute atomic E-state index is 12.2. The van der Waals surface area contributed by atoms with Gasteiger partial charge >= 0.3 is 11.9 Å². The molecule has 0 rings (SSSR count). The van der Waals surface area contributed by atoms with Crippen molar-refractivity contribution in [2.24, 2.45) is 0 Å². The van der Waals surface area contributed by atoms with Gasteiger partial charge in [-0.15, -0.1) is 0 Å². The molecule has 0 aromatic heterocycles. The summed E-state index contributed by atoms with van der Waals surface area (Å²) in [5.41, 5.74) is 0. The van der Waals surface area contributed by atoms with Crippen molar-refractivity contribution in [3.63, 3.8) is 0 Å². The average Bonchev–Trinajstić information content (AvgIpc) is 2.68. The first-order valence-electron chi connectivity index (χ1n) is 11.6. The predicted molar refractivity (Wildman–Crippen MR) is 116 cm³/mol. The fourth-order valence-electron chi connectivity index (χ4n) is 3.04. The normalized spacial score (nSPS) is 13.5. The molecule has 0 heterocycles. The molecule has 0 aliphatic carbocycles. The predicted octanol–water partition coefficient (Wildman–Crippen LogP) is 2.22. The second kappa shape index (κ2) is 17.0. The van der Waals surface area contributed by atoms with Crippen LogP contribution in [0.1, 0.15) is 78.1 Å². The number of aliphatic carboxylic acids is 1. The van der Waals surface area contributed by atoms with E-state index in [2.05, 4.69) is 6.92 Å². The molecule has 182 valence electrons. The zero-order valence-corrected chi connectivity index (χ0v) is 20.2. The minimum atomic E-state index is -1.13. The van der Waals surface area contributed by atoms with E-state index in [0.29, 0.717) is 12.8 Å². The van der Waals surface area contributed by atoms with E-state index in [1.165, 1.54) is 0 Å². The van der Waals surface area contributed by atoms with Crippen LogP contribution in [-0.4, -0.2) is 75.5 Å². The summed E-state index contributed by atoms with van der Waals surface area (Å²) >= 11 is 0. The molecule has 0 aliphatic heterocycles. The van der Waals surface area contributed by atoms with Gasteiger partial charge in [0.25, 0.3) is 0 Å². The molecule has 0 bridgehead atoms. The Morgan fingerprint density at radius 2 is 1.45 bits per heavy atom. The third-order valence-corrected chi connectivity index (χ3v) is 4.99. The zero-order chi connectivity index (χ0) is 23.7. The molecular weight excluding hydrogens is 402 g/mol. The van der Waals surface area contributed by atoms with Gasteiger partial charge in [0.1, 0.15) is 12.6 Å². The Labute approximate surface area is 187 Å². The highest BCUT2D eigenvalue weighted by Gasteiger charge is 2.25. The van der Waals surface area contributed by atoms with Gasteiger partial charge in [-0.3, -0.25) is 9.59 Å². The zero-order valence-electron chi connectivity index (χ0n) is 20.2. The first kappa shape index (κ1) is 29.3. The largest absolute Gasteiger partial charge is 0.544 e. The number of carbonyl (C=O) groups excluding carboxylic acids is 3. The summed E-state index contributed by atoms with van der Waals surface area (Å²) in [4.78, 5) is 35.3. The molecule has 0 aromatic rings. The third-order valence-electron chi connectivity index (χ3n) is 4.99. The van der Waals surface area contributed by atoms with Crippen molar-refractivity contribution in [1.29, 1.82) is 0 Å². The van der Waals surface area contributed by atoms with Crippen LogP contribution in [0.4, 0.5) is 0 Å². The fraction of sp³-hybridized carbons (Fsp3) is 0.870. The monoisotopic (exact) mass is 445 g/mol. The van der Waals surface area contributed by atoms with E-state index in [1.807, 2.05) is 6.92 Å². The number of esters is 2. The fourth-order valence-corrected chi connectivity index (χ4v) is 3.04. The van der Waals surface area contributed by atoms with Crippen molar-refractivity contribution < 1.29 is 38.2 Å². The van der Waals surface area contributed by atoms with Crippen LogP contribution in [0.15, 0.2) is 0 Å². The molecular formula is C23H43NO7. The quantitative estimate of drug-likeness (QED) is 0.171. The maximum Gasteiger partial charge on any atom is 0.306 e. The molecule has 2 atom stereocenters. The van der Waals surface area contributed by atoms with E-state index in [-0.39, 0.29) is 42.7 Å². The Morgan fingerprint density at radius 3 is 2.03 bits per heavy atom. The molecule has 0 spiro atoms. The average molecular weight is 446 g/mol. The van der Waals surface area contributed by atoms with Crippen LogP contribution >= 0.6 is 0 Å². The summed E-state index contributed by atoms with van der Waals surface area (Å²) < 4.78 is 16.5. The Morgan fingerprint density at radius 1 is 0.839 bits per heavy atom. The second-order valence-electron chi connectivity index (χ2n) is 8.88. The molecule has 0 saturated heterocycles. The van der Waals surface area contributed by atoms with E-state index in [0.717, 1.165) is 44.9 Å². The minimum Gasteiger partial charge on any atom is -0.544 e. The molecule has 31 heavy (non-hydrogen) atoms. The summed E-state index contributed by atoms with van der Waals surface area (Å²) in [5, 5.41) is 11.3. The van der Waals surface area contributed by atoms with Gasteiger partial charge in [0.15, 0.2) is 6.10 Å². The van der Waals surface area contributed by atoms with Gasteiger partial charge in [-0.25, -0.2) is 0 Å². The van der Waals surface area contributed by atoms with Crippen LogP contribution in [0.5, 0.6) is 0 Å². The first-order valence-corrected chi connectivity index (χ1v) is 11.6. The molecule has 0 amide bonds. The van der Waals surface area contributed by atoms with Gasteiger partial charge in [-0.05, 0) is 12.8 Å². The highest BCUT2D eigenvalue weighted by atomic mass is 16.6. The molecule has 0 aromatic carbocycles. The number of quaternary nitrogens is 1. The summed E-state index contributed by atoms with van der Waals surface area (Å²) in [6, 6.07) is -0.712. The lowest BCUT2D eigenvalue weighted by atomic mass is 10.1. The molecule has 8 nitrogen and oxygen atoms in total. The summed E-state index contributed by atoms with van der Waals surface area (Å²) in [6.45, 7) is 4.27. The van der Waals surface area contributed by atoms with Crippen LogP contribution in [0.2, 0.25) is 0 Å². The Balaban J connectivity index is 4.56. The summed E-state index contributed by atoms with van der Waals surface area (Å²) in [7, 11) is 5.34. The first-order chi connectivity index (χ1) is 14.6. The van der Waals surface area contributed by atoms with Crippen molar-refractivity contribution in [3.8, 4) is 0 Å². The molecule has 8 heteroatoms. The van der Waals surface area contributed by atoms with Gasteiger partial charge in [-0.2, -0.15) is 0 Å². The number of nitrogens with zero attached hydrogens (tertiary/aromatic N) is 1. The molecule has 0 radical (unpaired) electrons.